The molecule has 1 N–H and O–H groups in total. The van der Waals surface area contributed by atoms with Crippen molar-refractivity contribution in [1.82, 2.24) is 14.5 Å². The van der Waals surface area contributed by atoms with Gasteiger partial charge in [0.2, 0.25) is 0 Å². The van der Waals surface area contributed by atoms with Gasteiger partial charge in [0.15, 0.2) is 0 Å². The zero-order chi connectivity index (χ0) is 18.4. The zero-order valence-corrected chi connectivity index (χ0v) is 15.6. The van der Waals surface area contributed by atoms with Crippen LogP contribution >= 0.6 is 0 Å². The first-order chi connectivity index (χ1) is 12.7. The number of pyridine rings is 1. The van der Waals surface area contributed by atoms with Gasteiger partial charge in [-0.05, 0) is 42.7 Å². The summed E-state index contributed by atoms with van der Waals surface area (Å²) in [6, 6.07) is 16.9. The average molecular weight is 349 g/mol. The summed E-state index contributed by atoms with van der Waals surface area (Å²) in [4.78, 5) is 6.46. The van der Waals surface area contributed by atoms with Crippen LogP contribution in [0, 0.1) is 13.8 Å². The zero-order valence-electron chi connectivity index (χ0n) is 15.6. The first kappa shape index (κ1) is 18.4. The Morgan fingerprint density at radius 1 is 1.00 bits per heavy atom. The third-order valence-corrected chi connectivity index (χ3v) is 4.80. The molecule has 0 saturated carbocycles. The molecule has 26 heavy (non-hydrogen) atoms. The van der Waals surface area contributed by atoms with Gasteiger partial charge in [0.05, 0.1) is 6.61 Å². The van der Waals surface area contributed by atoms with Gasteiger partial charge < -0.3 is 9.67 Å². The topological polar surface area (TPSA) is 41.3 Å². The van der Waals surface area contributed by atoms with E-state index in [1.165, 1.54) is 28.1 Å². The van der Waals surface area contributed by atoms with E-state index in [1.54, 1.807) is 6.20 Å². The van der Waals surface area contributed by atoms with Gasteiger partial charge in [-0.25, -0.2) is 0 Å². The summed E-state index contributed by atoms with van der Waals surface area (Å²) in [7, 11) is 0. The Hall–Kier alpha value is -2.43. The van der Waals surface area contributed by atoms with Crippen molar-refractivity contribution >= 4 is 0 Å². The number of aliphatic hydroxyl groups is 1. The van der Waals surface area contributed by atoms with Gasteiger partial charge in [0.25, 0.3) is 0 Å². The lowest BCUT2D eigenvalue weighted by atomic mass is 10.2. The Morgan fingerprint density at radius 3 is 2.46 bits per heavy atom. The van der Waals surface area contributed by atoms with Crippen molar-refractivity contribution in [3.8, 4) is 0 Å². The van der Waals surface area contributed by atoms with Gasteiger partial charge >= 0.3 is 0 Å². The highest BCUT2D eigenvalue weighted by Gasteiger charge is 2.13. The molecule has 0 amide bonds. The summed E-state index contributed by atoms with van der Waals surface area (Å²) in [5, 5.41) is 9.45. The molecule has 2 aromatic heterocycles. The molecule has 0 bridgehead atoms. The number of hydrogen-bond acceptors (Lipinski definition) is 3. The van der Waals surface area contributed by atoms with Gasteiger partial charge in [-0.15, -0.1) is 0 Å². The fourth-order valence-electron chi connectivity index (χ4n) is 3.39. The Morgan fingerprint density at radius 2 is 1.77 bits per heavy atom. The molecule has 0 unspecified atom stereocenters. The predicted molar refractivity (Wildman–Crippen MR) is 105 cm³/mol. The Kier molecular flexibility index (Phi) is 6.21. The Labute approximate surface area is 155 Å². The maximum absolute atomic E-state index is 9.45. The quantitative estimate of drug-likeness (QED) is 0.676. The summed E-state index contributed by atoms with van der Waals surface area (Å²) >= 11 is 0. The minimum atomic E-state index is 0.156. The summed E-state index contributed by atoms with van der Waals surface area (Å²) in [6.45, 7) is 7.66. The molecule has 0 saturated heterocycles. The lowest BCUT2D eigenvalue weighted by molar-refractivity contribution is 0.184. The standard InChI is InChI=1S/C22H27N3O/c1-18-13-22(19(2)25(18)16-20-7-4-3-5-8-20)17-24(11-12-26)15-21-9-6-10-23-14-21/h3-10,13-14,26H,11-12,15-17H2,1-2H3. The van der Waals surface area contributed by atoms with Crippen LogP contribution in [-0.2, 0) is 19.6 Å². The van der Waals surface area contributed by atoms with Crippen LogP contribution in [-0.4, -0.2) is 32.7 Å². The summed E-state index contributed by atoms with van der Waals surface area (Å²) in [5.74, 6) is 0. The second-order valence-electron chi connectivity index (χ2n) is 6.76. The van der Waals surface area contributed by atoms with Crippen LogP contribution in [0.5, 0.6) is 0 Å². The van der Waals surface area contributed by atoms with Crippen LogP contribution in [0.1, 0.15) is 28.1 Å². The van der Waals surface area contributed by atoms with Crippen LogP contribution < -0.4 is 0 Å². The lowest BCUT2D eigenvalue weighted by Gasteiger charge is -2.21. The third-order valence-electron chi connectivity index (χ3n) is 4.80. The maximum atomic E-state index is 9.45. The van der Waals surface area contributed by atoms with Gasteiger partial charge in [-0.2, -0.15) is 0 Å². The molecule has 0 aliphatic rings. The van der Waals surface area contributed by atoms with Crippen molar-refractivity contribution < 1.29 is 5.11 Å². The predicted octanol–water partition coefficient (Wildman–Crippen LogP) is 3.54. The van der Waals surface area contributed by atoms with Gasteiger partial charge in [0.1, 0.15) is 0 Å². The summed E-state index contributed by atoms with van der Waals surface area (Å²) < 4.78 is 2.37. The maximum Gasteiger partial charge on any atom is 0.0558 e. The van der Waals surface area contributed by atoms with Crippen LogP contribution in [0.25, 0.3) is 0 Å². The van der Waals surface area contributed by atoms with Crippen molar-refractivity contribution in [2.45, 2.75) is 33.5 Å². The SMILES string of the molecule is Cc1cc(CN(CCO)Cc2cccnc2)c(C)n1Cc1ccccc1. The normalized spacial score (nSPS) is 11.2. The molecular formula is C22H27N3O. The minimum Gasteiger partial charge on any atom is -0.395 e. The number of hydrogen-bond donors (Lipinski definition) is 1. The molecule has 0 aliphatic carbocycles. The molecule has 4 nitrogen and oxygen atoms in total. The second kappa shape index (κ2) is 8.79. The van der Waals surface area contributed by atoms with Crippen molar-refractivity contribution in [1.29, 1.82) is 0 Å². The van der Waals surface area contributed by atoms with E-state index in [9.17, 15) is 5.11 Å². The summed E-state index contributed by atoms with van der Waals surface area (Å²) in [5.41, 5.74) is 6.35. The average Bonchev–Trinajstić information content (AvgIpc) is 2.91. The lowest BCUT2D eigenvalue weighted by Crippen LogP contribution is -2.26. The highest BCUT2D eigenvalue weighted by Crippen LogP contribution is 2.19. The van der Waals surface area contributed by atoms with Gasteiger partial charge in [-0.3, -0.25) is 9.88 Å². The van der Waals surface area contributed by atoms with Crippen LogP contribution in [0.15, 0.2) is 60.9 Å². The highest BCUT2D eigenvalue weighted by atomic mass is 16.3. The Bertz CT molecular complexity index is 812. The summed E-state index contributed by atoms with van der Waals surface area (Å²) in [6.07, 6.45) is 3.68. The van der Waals surface area contributed by atoms with E-state index in [-0.39, 0.29) is 6.61 Å². The second-order valence-corrected chi connectivity index (χ2v) is 6.76. The number of benzene rings is 1. The molecule has 0 radical (unpaired) electrons. The van der Waals surface area contributed by atoms with Crippen LogP contribution in [0.3, 0.4) is 0 Å². The molecule has 0 spiro atoms. The van der Waals surface area contributed by atoms with E-state index in [0.29, 0.717) is 6.54 Å². The van der Waals surface area contributed by atoms with Crippen molar-refractivity contribution in [2.24, 2.45) is 0 Å². The molecular weight excluding hydrogens is 322 g/mol. The molecule has 4 heteroatoms. The van der Waals surface area contributed by atoms with E-state index in [1.807, 2.05) is 12.3 Å². The molecule has 2 heterocycles. The fourth-order valence-corrected chi connectivity index (χ4v) is 3.39. The molecule has 1 aromatic carbocycles. The number of aliphatic hydroxyl groups excluding tert-OH is 1. The van der Waals surface area contributed by atoms with E-state index >= 15 is 0 Å². The number of rotatable bonds is 8. The van der Waals surface area contributed by atoms with E-state index in [0.717, 1.165) is 19.6 Å². The minimum absolute atomic E-state index is 0.156. The first-order valence-corrected chi connectivity index (χ1v) is 9.09. The third kappa shape index (κ3) is 4.59. The smallest absolute Gasteiger partial charge is 0.0558 e. The van der Waals surface area contributed by atoms with Crippen molar-refractivity contribution in [3.05, 3.63) is 89.0 Å². The molecule has 3 aromatic rings. The number of aromatic nitrogens is 2. The highest BCUT2D eigenvalue weighted by molar-refractivity contribution is 5.29. The fraction of sp³-hybridized carbons (Fsp3) is 0.318. The first-order valence-electron chi connectivity index (χ1n) is 9.09. The molecule has 136 valence electrons. The van der Waals surface area contributed by atoms with E-state index in [2.05, 4.69) is 70.8 Å². The number of nitrogens with zero attached hydrogens (tertiary/aromatic N) is 3. The van der Waals surface area contributed by atoms with Crippen molar-refractivity contribution in [3.63, 3.8) is 0 Å². The Balaban J connectivity index is 1.76. The van der Waals surface area contributed by atoms with Gasteiger partial charge in [-0.1, -0.05) is 36.4 Å². The van der Waals surface area contributed by atoms with Crippen molar-refractivity contribution in [2.75, 3.05) is 13.2 Å². The van der Waals surface area contributed by atoms with Gasteiger partial charge in [0, 0.05) is 50.0 Å². The van der Waals surface area contributed by atoms with Crippen LogP contribution in [0.2, 0.25) is 0 Å². The van der Waals surface area contributed by atoms with Crippen LogP contribution in [0.4, 0.5) is 0 Å². The van der Waals surface area contributed by atoms with E-state index < -0.39 is 0 Å². The molecule has 0 atom stereocenters. The molecule has 3 rings (SSSR count). The van der Waals surface area contributed by atoms with E-state index in [4.69, 9.17) is 0 Å². The monoisotopic (exact) mass is 349 g/mol. The molecule has 0 fully saturated rings. The number of aryl methyl sites for hydroxylation is 1. The largest absolute Gasteiger partial charge is 0.395 e. The molecule has 0 aliphatic heterocycles.